The third kappa shape index (κ3) is 2.87. The molecule has 0 aromatic heterocycles. The smallest absolute Gasteiger partial charge is 0.400 e. The third-order valence-electron chi connectivity index (χ3n) is 4.12. The van der Waals surface area contributed by atoms with Gasteiger partial charge in [-0.3, -0.25) is 0 Å². The predicted octanol–water partition coefficient (Wildman–Crippen LogP) is 0.453. The lowest BCUT2D eigenvalue weighted by Crippen LogP contribution is -2.41. The van der Waals surface area contributed by atoms with Gasteiger partial charge in [-0.05, 0) is 39.6 Å². The Bertz CT molecular complexity index is 485. The van der Waals surface area contributed by atoms with E-state index in [0.29, 0.717) is 13.0 Å². The van der Waals surface area contributed by atoms with Gasteiger partial charge < -0.3 is 9.31 Å². The molecule has 0 spiro atoms. The second-order valence-electron chi connectivity index (χ2n) is 6.02. The molecule has 0 aliphatic carbocycles. The molecule has 19 heavy (non-hydrogen) atoms. The number of nitrogens with two attached hydrogens (primary N) is 1. The Kier molecular flexibility index (Phi) is 3.60. The van der Waals surface area contributed by atoms with Crippen molar-refractivity contribution >= 4 is 17.3 Å². The molecule has 0 radical (unpaired) electrons. The highest BCUT2D eigenvalue weighted by atomic mass is 32.2. The molecule has 2 rings (SSSR count). The zero-order valence-corrected chi connectivity index (χ0v) is 12.7. The van der Waals surface area contributed by atoms with E-state index in [2.05, 4.69) is 0 Å². The molecule has 2 N–H and O–H groups in total. The Hall–Kier alpha value is -0.405. The number of rotatable bonds is 2. The van der Waals surface area contributed by atoms with Crippen molar-refractivity contribution in [1.82, 2.24) is 4.31 Å². The lowest BCUT2D eigenvalue weighted by atomic mass is 9.75. The van der Waals surface area contributed by atoms with Crippen LogP contribution in [-0.4, -0.2) is 44.1 Å². The van der Waals surface area contributed by atoms with Gasteiger partial charge in [0.15, 0.2) is 0 Å². The van der Waals surface area contributed by atoms with Gasteiger partial charge in [0.25, 0.3) is 10.2 Å². The molecular formula is C11H21BN2O4S. The van der Waals surface area contributed by atoms with Crippen LogP contribution in [0.2, 0.25) is 0 Å². The SMILES string of the molecule is CC1(C)OB(C2=CCN(S(N)(=O)=O)CC2)OC1(C)C. The Labute approximate surface area is 115 Å². The van der Waals surface area contributed by atoms with Gasteiger partial charge in [0.2, 0.25) is 0 Å². The molecule has 0 bridgehead atoms. The normalized spacial score (nSPS) is 27.4. The molecule has 8 heteroatoms. The van der Waals surface area contributed by atoms with E-state index in [1.165, 1.54) is 4.31 Å². The summed E-state index contributed by atoms with van der Waals surface area (Å²) in [6.45, 7) is 8.62. The molecule has 0 aromatic rings. The molecule has 0 atom stereocenters. The summed E-state index contributed by atoms with van der Waals surface area (Å²) in [5, 5.41) is 5.10. The Balaban J connectivity index is 2.09. The molecule has 2 aliphatic heterocycles. The molecule has 1 fully saturated rings. The summed E-state index contributed by atoms with van der Waals surface area (Å²) >= 11 is 0. The van der Waals surface area contributed by atoms with Crippen molar-refractivity contribution in [2.24, 2.45) is 5.14 Å². The largest absolute Gasteiger partial charge is 0.490 e. The average molecular weight is 288 g/mol. The van der Waals surface area contributed by atoms with Crippen LogP contribution in [0.3, 0.4) is 0 Å². The molecule has 0 aromatic carbocycles. The lowest BCUT2D eigenvalue weighted by Gasteiger charge is -2.32. The Morgan fingerprint density at radius 3 is 2.16 bits per heavy atom. The second-order valence-corrected chi connectivity index (χ2v) is 7.57. The standard InChI is InChI=1S/C11H21BN2O4S/c1-10(2)11(3,4)18-12(17-10)9-5-7-14(8-6-9)19(13,15)16/h5H,6-8H2,1-4H3,(H2,13,15,16). The molecular weight excluding hydrogens is 267 g/mol. The molecule has 0 unspecified atom stereocenters. The van der Waals surface area contributed by atoms with Gasteiger partial charge in [0, 0.05) is 13.1 Å². The van der Waals surface area contributed by atoms with Gasteiger partial charge in [-0.2, -0.15) is 12.7 Å². The fourth-order valence-corrected chi connectivity index (χ4v) is 2.73. The van der Waals surface area contributed by atoms with Crippen molar-refractivity contribution in [3.63, 3.8) is 0 Å². The fourth-order valence-electron chi connectivity index (χ4n) is 2.11. The number of hydrogen-bond acceptors (Lipinski definition) is 4. The molecule has 2 heterocycles. The molecule has 108 valence electrons. The summed E-state index contributed by atoms with van der Waals surface area (Å²) in [5.74, 6) is 0. The Morgan fingerprint density at radius 1 is 1.26 bits per heavy atom. The van der Waals surface area contributed by atoms with E-state index >= 15 is 0 Å². The highest BCUT2D eigenvalue weighted by Gasteiger charge is 2.52. The first-order valence-corrected chi connectivity index (χ1v) is 7.86. The van der Waals surface area contributed by atoms with Crippen LogP contribution in [0.1, 0.15) is 34.1 Å². The minimum absolute atomic E-state index is 0.276. The number of hydrogen-bond donors (Lipinski definition) is 1. The quantitative estimate of drug-likeness (QED) is 0.748. The summed E-state index contributed by atoms with van der Waals surface area (Å²) < 4.78 is 35.6. The molecule has 6 nitrogen and oxygen atoms in total. The van der Waals surface area contributed by atoms with Crippen molar-refractivity contribution < 1.29 is 17.7 Å². The van der Waals surface area contributed by atoms with E-state index < -0.39 is 17.3 Å². The predicted molar refractivity (Wildman–Crippen MR) is 73.5 cm³/mol. The van der Waals surface area contributed by atoms with Crippen molar-refractivity contribution in [2.75, 3.05) is 13.1 Å². The summed E-state index contributed by atoms with van der Waals surface area (Å²) in [6.07, 6.45) is 2.41. The van der Waals surface area contributed by atoms with Crippen molar-refractivity contribution in [3.05, 3.63) is 11.5 Å². The second kappa shape index (κ2) is 4.56. The van der Waals surface area contributed by atoms with Gasteiger partial charge in [0.1, 0.15) is 0 Å². The van der Waals surface area contributed by atoms with Crippen LogP contribution in [0, 0.1) is 0 Å². The van der Waals surface area contributed by atoms with E-state index in [0.717, 1.165) is 5.47 Å². The first-order chi connectivity index (χ1) is 8.53. The lowest BCUT2D eigenvalue weighted by molar-refractivity contribution is 0.00578. The topological polar surface area (TPSA) is 81.9 Å². The van der Waals surface area contributed by atoms with Crippen LogP contribution in [0.5, 0.6) is 0 Å². The van der Waals surface area contributed by atoms with Gasteiger partial charge in [-0.25, -0.2) is 5.14 Å². The summed E-state index contributed by atoms with van der Waals surface area (Å²) in [7, 11) is -4.01. The van der Waals surface area contributed by atoms with Crippen LogP contribution in [0.4, 0.5) is 0 Å². The molecule has 2 aliphatic rings. The summed E-state index contributed by atoms with van der Waals surface area (Å²) in [4.78, 5) is 0. The monoisotopic (exact) mass is 288 g/mol. The van der Waals surface area contributed by atoms with Crippen LogP contribution >= 0.6 is 0 Å². The molecule has 0 saturated carbocycles. The average Bonchev–Trinajstić information content (AvgIpc) is 2.47. The molecule has 0 amide bonds. The maximum atomic E-state index is 11.2. The third-order valence-corrected chi connectivity index (χ3v) is 5.17. The Morgan fingerprint density at radius 2 is 1.79 bits per heavy atom. The van der Waals surface area contributed by atoms with Gasteiger partial charge in [-0.15, -0.1) is 0 Å². The zero-order chi connectivity index (χ0) is 14.5. The maximum Gasteiger partial charge on any atom is 0.490 e. The maximum absolute atomic E-state index is 11.2. The minimum atomic E-state index is -3.61. The summed E-state index contributed by atoms with van der Waals surface area (Å²) in [6, 6.07) is 0. The van der Waals surface area contributed by atoms with E-state index in [1.807, 2.05) is 33.8 Å². The van der Waals surface area contributed by atoms with E-state index in [-0.39, 0.29) is 17.7 Å². The van der Waals surface area contributed by atoms with Crippen LogP contribution < -0.4 is 5.14 Å². The van der Waals surface area contributed by atoms with E-state index in [9.17, 15) is 8.42 Å². The summed E-state index contributed by atoms with van der Waals surface area (Å²) in [5.41, 5.74) is 0.226. The van der Waals surface area contributed by atoms with Crippen LogP contribution in [-0.2, 0) is 19.5 Å². The van der Waals surface area contributed by atoms with Gasteiger partial charge >= 0.3 is 7.12 Å². The van der Waals surface area contributed by atoms with Gasteiger partial charge in [0.05, 0.1) is 11.2 Å². The first-order valence-electron chi connectivity index (χ1n) is 6.35. The highest BCUT2D eigenvalue weighted by Crippen LogP contribution is 2.39. The minimum Gasteiger partial charge on any atom is -0.400 e. The van der Waals surface area contributed by atoms with Crippen molar-refractivity contribution in [1.29, 1.82) is 0 Å². The first kappa shape index (κ1) is 15.0. The highest BCUT2D eigenvalue weighted by molar-refractivity contribution is 7.86. The van der Waals surface area contributed by atoms with Crippen LogP contribution in [0.15, 0.2) is 11.5 Å². The van der Waals surface area contributed by atoms with Crippen molar-refractivity contribution in [3.8, 4) is 0 Å². The van der Waals surface area contributed by atoms with E-state index in [4.69, 9.17) is 14.4 Å². The van der Waals surface area contributed by atoms with Gasteiger partial charge in [-0.1, -0.05) is 6.08 Å². The van der Waals surface area contributed by atoms with E-state index in [1.54, 1.807) is 0 Å². The van der Waals surface area contributed by atoms with Crippen molar-refractivity contribution in [2.45, 2.75) is 45.3 Å². The van der Waals surface area contributed by atoms with Crippen LogP contribution in [0.25, 0.3) is 0 Å². The fraction of sp³-hybridized carbons (Fsp3) is 0.818. The molecule has 1 saturated heterocycles. The zero-order valence-electron chi connectivity index (χ0n) is 11.8. The number of nitrogens with zero attached hydrogens (tertiary/aromatic N) is 1.